The van der Waals surface area contributed by atoms with E-state index in [4.69, 9.17) is 5.26 Å². The first-order chi connectivity index (χ1) is 7.83. The minimum Gasteiger partial charge on any atom is -0.352 e. The quantitative estimate of drug-likeness (QED) is 0.804. The van der Waals surface area contributed by atoms with Crippen LogP contribution in [0.15, 0.2) is 0 Å². The van der Waals surface area contributed by atoms with Crippen LogP contribution in [0, 0.1) is 16.7 Å². The lowest BCUT2D eigenvalue weighted by Gasteiger charge is -2.27. The van der Waals surface area contributed by atoms with Crippen LogP contribution >= 0.6 is 0 Å². The molecule has 0 aromatic rings. The second-order valence-corrected chi connectivity index (χ2v) is 7.00. The Labute approximate surface area is 102 Å². The first-order valence-electron chi connectivity index (χ1n) is 5.75. The number of amides is 1. The number of hydrogen-bond acceptors (Lipinski definition) is 4. The fourth-order valence-corrected chi connectivity index (χ4v) is 3.16. The van der Waals surface area contributed by atoms with Gasteiger partial charge in [-0.25, -0.2) is 8.42 Å². The average Bonchev–Trinajstić information content (AvgIpc) is 2.30. The molecule has 1 heterocycles. The molecule has 5 nitrogen and oxygen atoms in total. The lowest BCUT2D eigenvalue weighted by atomic mass is 9.88. The maximum atomic E-state index is 11.9. The number of rotatable bonds is 3. The molecule has 0 saturated carbocycles. The van der Waals surface area contributed by atoms with Crippen LogP contribution in [0.2, 0.25) is 0 Å². The van der Waals surface area contributed by atoms with Gasteiger partial charge in [0.15, 0.2) is 0 Å². The van der Waals surface area contributed by atoms with Crippen LogP contribution in [-0.4, -0.2) is 31.9 Å². The van der Waals surface area contributed by atoms with Crippen LogP contribution in [0.4, 0.5) is 0 Å². The van der Waals surface area contributed by atoms with E-state index >= 15 is 0 Å². The Bertz CT molecular complexity index is 424. The number of nitrogens with zero attached hydrogens (tertiary/aromatic N) is 1. The summed E-state index contributed by atoms with van der Waals surface area (Å²) in [4.78, 5) is 11.9. The highest BCUT2D eigenvalue weighted by Crippen LogP contribution is 2.21. The van der Waals surface area contributed by atoms with Crippen LogP contribution < -0.4 is 5.32 Å². The zero-order chi connectivity index (χ0) is 13.1. The maximum absolute atomic E-state index is 11.9. The maximum Gasteiger partial charge on any atom is 0.240 e. The van der Waals surface area contributed by atoms with E-state index in [1.165, 1.54) is 0 Å². The van der Waals surface area contributed by atoms with Crippen LogP contribution in [0.25, 0.3) is 0 Å². The summed E-state index contributed by atoms with van der Waals surface area (Å²) in [6, 6.07) is 1.88. The summed E-state index contributed by atoms with van der Waals surface area (Å²) in [5, 5.41) is 11.7. The number of nitriles is 1. The van der Waals surface area contributed by atoms with E-state index in [-0.39, 0.29) is 23.5 Å². The van der Waals surface area contributed by atoms with Crippen molar-refractivity contribution in [2.75, 3.05) is 11.5 Å². The van der Waals surface area contributed by atoms with Crippen LogP contribution in [-0.2, 0) is 14.6 Å². The molecule has 0 aromatic carbocycles. The molecule has 1 saturated heterocycles. The Kier molecular flexibility index (Phi) is 4.15. The third-order valence-electron chi connectivity index (χ3n) is 3.34. The van der Waals surface area contributed by atoms with Crippen LogP contribution in [0.5, 0.6) is 0 Å². The molecule has 6 heteroatoms. The van der Waals surface area contributed by atoms with Crippen molar-refractivity contribution in [3.8, 4) is 6.07 Å². The number of sulfone groups is 1. The molecule has 0 aromatic heterocycles. The number of nitrogens with one attached hydrogen (secondary N) is 1. The monoisotopic (exact) mass is 258 g/mol. The molecule has 17 heavy (non-hydrogen) atoms. The van der Waals surface area contributed by atoms with Gasteiger partial charge in [0.1, 0.15) is 15.3 Å². The molecule has 0 spiro atoms. The minimum atomic E-state index is -2.91. The van der Waals surface area contributed by atoms with Gasteiger partial charge in [0.25, 0.3) is 0 Å². The topological polar surface area (TPSA) is 87.0 Å². The lowest BCUT2D eigenvalue weighted by molar-refractivity contribution is -0.128. The molecule has 0 bridgehead atoms. The summed E-state index contributed by atoms with van der Waals surface area (Å²) < 4.78 is 22.5. The summed E-state index contributed by atoms with van der Waals surface area (Å²) in [5.41, 5.74) is -1.02. The van der Waals surface area contributed by atoms with Crippen molar-refractivity contribution in [1.29, 1.82) is 5.26 Å². The summed E-state index contributed by atoms with van der Waals surface area (Å²) in [6.45, 7) is 3.38. The average molecular weight is 258 g/mol. The van der Waals surface area contributed by atoms with Gasteiger partial charge in [-0.2, -0.15) is 5.26 Å². The van der Waals surface area contributed by atoms with Gasteiger partial charge < -0.3 is 5.32 Å². The lowest BCUT2D eigenvalue weighted by Crippen LogP contribution is -2.46. The Balaban J connectivity index is 2.57. The molecule has 96 valence electrons. The van der Waals surface area contributed by atoms with Gasteiger partial charge in [0.2, 0.25) is 5.91 Å². The molecule has 1 amide bonds. The second kappa shape index (κ2) is 5.05. The smallest absolute Gasteiger partial charge is 0.240 e. The van der Waals surface area contributed by atoms with Gasteiger partial charge in [-0.3, -0.25) is 4.79 Å². The molecule has 1 unspecified atom stereocenters. The fourth-order valence-electron chi connectivity index (χ4n) is 1.67. The summed E-state index contributed by atoms with van der Waals surface area (Å²) >= 11 is 0. The third-order valence-corrected chi connectivity index (χ3v) is 5.06. The summed E-state index contributed by atoms with van der Waals surface area (Å²) in [6.07, 6.45) is 1.33. The molecule has 1 fully saturated rings. The third kappa shape index (κ3) is 3.43. The fraction of sp³-hybridized carbons (Fsp3) is 0.818. The first kappa shape index (κ1) is 14.0. The molecule has 1 aliphatic rings. The Morgan fingerprint density at radius 3 is 2.41 bits per heavy atom. The van der Waals surface area contributed by atoms with Crippen molar-refractivity contribution in [2.24, 2.45) is 5.41 Å². The molecule has 1 atom stereocenters. The largest absolute Gasteiger partial charge is 0.352 e. The van der Waals surface area contributed by atoms with Gasteiger partial charge in [-0.15, -0.1) is 0 Å². The summed E-state index contributed by atoms with van der Waals surface area (Å²) in [5.74, 6) is -0.0625. The number of carbonyl (C=O) groups excluding carboxylic acids is 1. The summed E-state index contributed by atoms with van der Waals surface area (Å²) in [7, 11) is -2.91. The zero-order valence-electron chi connectivity index (χ0n) is 10.2. The zero-order valence-corrected chi connectivity index (χ0v) is 11.0. The van der Waals surface area contributed by atoms with Crippen molar-refractivity contribution in [3.05, 3.63) is 0 Å². The number of carbonyl (C=O) groups is 1. The van der Waals surface area contributed by atoms with Crippen molar-refractivity contribution in [3.63, 3.8) is 0 Å². The van der Waals surface area contributed by atoms with Crippen molar-refractivity contribution in [2.45, 2.75) is 39.2 Å². The van der Waals surface area contributed by atoms with E-state index in [0.717, 1.165) is 0 Å². The second-order valence-electron chi connectivity index (χ2n) is 4.70. The van der Waals surface area contributed by atoms with E-state index in [9.17, 15) is 13.2 Å². The van der Waals surface area contributed by atoms with Gasteiger partial charge in [0.05, 0.1) is 17.6 Å². The van der Waals surface area contributed by atoms with Crippen molar-refractivity contribution < 1.29 is 13.2 Å². The Morgan fingerprint density at radius 1 is 1.47 bits per heavy atom. The van der Waals surface area contributed by atoms with Crippen molar-refractivity contribution >= 4 is 15.7 Å². The highest BCUT2D eigenvalue weighted by atomic mass is 32.2. The molecular formula is C11H18N2O3S. The van der Waals surface area contributed by atoms with Crippen LogP contribution in [0.3, 0.4) is 0 Å². The van der Waals surface area contributed by atoms with E-state index in [0.29, 0.717) is 19.3 Å². The van der Waals surface area contributed by atoms with E-state index in [2.05, 4.69) is 5.32 Å². The SMILES string of the molecule is CCC(C)(C#N)C(=O)NC1CCS(=O)(=O)CC1. The standard InChI is InChI=1S/C11H18N2O3S/c1-3-11(2,8-12)10(14)13-9-4-6-17(15,16)7-5-9/h9H,3-7H2,1-2H3,(H,13,14). The first-order valence-corrected chi connectivity index (χ1v) is 7.58. The van der Waals surface area contributed by atoms with Crippen molar-refractivity contribution in [1.82, 2.24) is 5.32 Å². The van der Waals surface area contributed by atoms with E-state index in [1.54, 1.807) is 13.8 Å². The minimum absolute atomic E-state index is 0.118. The molecule has 0 radical (unpaired) electrons. The highest BCUT2D eigenvalue weighted by molar-refractivity contribution is 7.91. The highest BCUT2D eigenvalue weighted by Gasteiger charge is 2.34. The normalized spacial score (nSPS) is 23.4. The van der Waals surface area contributed by atoms with Crippen LogP contribution in [0.1, 0.15) is 33.1 Å². The van der Waals surface area contributed by atoms with Gasteiger partial charge >= 0.3 is 0 Å². The molecule has 1 aliphatic heterocycles. The predicted molar refractivity (Wildman–Crippen MR) is 63.8 cm³/mol. The predicted octanol–water partition coefficient (Wildman–Crippen LogP) is 0.620. The van der Waals surface area contributed by atoms with Gasteiger partial charge in [-0.05, 0) is 26.2 Å². The molecule has 0 aliphatic carbocycles. The Morgan fingerprint density at radius 2 is 2.00 bits per heavy atom. The number of hydrogen-bond donors (Lipinski definition) is 1. The Hall–Kier alpha value is -1.09. The molecular weight excluding hydrogens is 240 g/mol. The molecule has 1 rings (SSSR count). The van der Waals surface area contributed by atoms with Gasteiger partial charge in [-0.1, -0.05) is 6.92 Å². The van der Waals surface area contributed by atoms with Gasteiger partial charge in [0, 0.05) is 6.04 Å². The molecule has 1 N–H and O–H groups in total. The van der Waals surface area contributed by atoms with E-state index in [1.807, 2.05) is 6.07 Å². The van der Waals surface area contributed by atoms with E-state index < -0.39 is 15.3 Å².